The van der Waals surface area contributed by atoms with Crippen molar-refractivity contribution in [2.24, 2.45) is 0 Å². The van der Waals surface area contributed by atoms with Crippen LogP contribution >= 0.6 is 0 Å². The van der Waals surface area contributed by atoms with Crippen molar-refractivity contribution in [1.82, 2.24) is 9.88 Å². The van der Waals surface area contributed by atoms with Gasteiger partial charge in [-0.15, -0.1) is 0 Å². The van der Waals surface area contributed by atoms with Gasteiger partial charge in [0.15, 0.2) is 0 Å². The quantitative estimate of drug-likeness (QED) is 0.919. The van der Waals surface area contributed by atoms with Crippen LogP contribution in [-0.4, -0.2) is 40.8 Å². The second-order valence-electron chi connectivity index (χ2n) is 5.82. The van der Waals surface area contributed by atoms with Crippen molar-refractivity contribution in [1.29, 1.82) is 0 Å². The number of likely N-dealkylation sites (tertiary alicyclic amines) is 1. The van der Waals surface area contributed by atoms with Crippen molar-refractivity contribution in [3.8, 4) is 5.75 Å². The molecular weight excluding hydrogens is 252 g/mol. The van der Waals surface area contributed by atoms with E-state index in [1.807, 2.05) is 20.0 Å². The summed E-state index contributed by atoms with van der Waals surface area (Å²) in [6.45, 7) is 7.79. The zero-order chi connectivity index (χ0) is 14.7. The molecule has 1 N–H and O–H groups in total. The maximum Gasteiger partial charge on any atom is 0.128 e. The van der Waals surface area contributed by atoms with Crippen LogP contribution in [0.1, 0.15) is 43.0 Å². The fourth-order valence-corrected chi connectivity index (χ4v) is 3.18. The average molecular weight is 278 g/mol. The molecule has 1 aromatic heterocycles. The molecule has 0 radical (unpaired) electrons. The Labute approximate surface area is 121 Å². The van der Waals surface area contributed by atoms with E-state index in [4.69, 9.17) is 4.74 Å². The Morgan fingerprint density at radius 3 is 2.85 bits per heavy atom. The molecular formula is C16H26N2O2. The molecule has 20 heavy (non-hydrogen) atoms. The van der Waals surface area contributed by atoms with Crippen LogP contribution in [0.3, 0.4) is 0 Å². The van der Waals surface area contributed by atoms with Gasteiger partial charge in [-0.3, -0.25) is 9.88 Å². The smallest absolute Gasteiger partial charge is 0.128 e. The number of nitrogens with zero attached hydrogens (tertiary/aromatic N) is 2. The van der Waals surface area contributed by atoms with Crippen molar-refractivity contribution >= 4 is 0 Å². The molecule has 0 unspecified atom stereocenters. The van der Waals surface area contributed by atoms with Crippen LogP contribution in [0.25, 0.3) is 0 Å². The molecule has 112 valence electrons. The zero-order valence-electron chi connectivity index (χ0n) is 13.0. The first-order valence-corrected chi connectivity index (χ1v) is 7.45. The number of hydrogen-bond acceptors (Lipinski definition) is 4. The van der Waals surface area contributed by atoms with E-state index in [1.54, 1.807) is 7.11 Å². The van der Waals surface area contributed by atoms with Crippen molar-refractivity contribution in [3.63, 3.8) is 0 Å². The highest BCUT2D eigenvalue weighted by Gasteiger charge is 2.27. The molecule has 4 heteroatoms. The minimum Gasteiger partial charge on any atom is -0.496 e. The Morgan fingerprint density at radius 2 is 2.20 bits per heavy atom. The predicted octanol–water partition coefficient (Wildman–Crippen LogP) is 2.44. The highest BCUT2D eigenvalue weighted by atomic mass is 16.5. The van der Waals surface area contributed by atoms with Crippen LogP contribution in [0.4, 0.5) is 0 Å². The molecule has 1 fully saturated rings. The number of ether oxygens (including phenoxy) is 1. The number of aliphatic hydroxyl groups is 1. The molecule has 0 bridgehead atoms. The highest BCUT2D eigenvalue weighted by molar-refractivity contribution is 5.41. The first-order valence-electron chi connectivity index (χ1n) is 7.45. The lowest BCUT2D eigenvalue weighted by Gasteiger charge is -2.37. The number of pyridine rings is 1. The molecule has 1 aliphatic rings. The van der Waals surface area contributed by atoms with Crippen LogP contribution < -0.4 is 4.74 Å². The maximum absolute atomic E-state index is 9.95. The van der Waals surface area contributed by atoms with E-state index in [0.717, 1.165) is 42.1 Å². The Balaban J connectivity index is 2.20. The number of aryl methyl sites for hydroxylation is 1. The maximum atomic E-state index is 9.95. The molecule has 2 heterocycles. The van der Waals surface area contributed by atoms with Gasteiger partial charge in [-0.2, -0.15) is 0 Å². The second kappa shape index (κ2) is 6.55. The summed E-state index contributed by atoms with van der Waals surface area (Å²) in [6.07, 6.45) is 5.06. The molecule has 0 spiro atoms. The highest BCUT2D eigenvalue weighted by Crippen LogP contribution is 2.27. The van der Waals surface area contributed by atoms with Crippen LogP contribution in [0, 0.1) is 13.8 Å². The van der Waals surface area contributed by atoms with E-state index >= 15 is 0 Å². The van der Waals surface area contributed by atoms with Gasteiger partial charge >= 0.3 is 0 Å². The van der Waals surface area contributed by atoms with Gasteiger partial charge in [0, 0.05) is 29.9 Å². The third-order valence-corrected chi connectivity index (χ3v) is 4.32. The van der Waals surface area contributed by atoms with E-state index in [0.29, 0.717) is 0 Å². The molecule has 4 nitrogen and oxygen atoms in total. The lowest BCUT2D eigenvalue weighted by atomic mass is 9.97. The number of aromatic nitrogens is 1. The second-order valence-corrected chi connectivity index (χ2v) is 5.82. The van der Waals surface area contributed by atoms with Crippen LogP contribution in [0.15, 0.2) is 6.20 Å². The fraction of sp³-hybridized carbons (Fsp3) is 0.688. The predicted molar refractivity (Wildman–Crippen MR) is 80.0 cm³/mol. The SMILES string of the molecule is COc1c(C)cnc(CN2CCCC[C@H]2[C@H](C)O)c1C. The summed E-state index contributed by atoms with van der Waals surface area (Å²) in [4.78, 5) is 6.93. The Kier molecular flexibility index (Phi) is 5.00. The van der Waals surface area contributed by atoms with Gasteiger partial charge in [0.25, 0.3) is 0 Å². The summed E-state index contributed by atoms with van der Waals surface area (Å²) in [6, 6.07) is 0.247. The van der Waals surface area contributed by atoms with Gasteiger partial charge in [-0.05, 0) is 40.2 Å². The van der Waals surface area contributed by atoms with Gasteiger partial charge in [0.05, 0.1) is 18.9 Å². The normalized spacial score (nSPS) is 21.8. The van der Waals surface area contributed by atoms with E-state index in [9.17, 15) is 5.11 Å². The summed E-state index contributed by atoms with van der Waals surface area (Å²) in [5.74, 6) is 0.931. The van der Waals surface area contributed by atoms with Gasteiger partial charge in [0.1, 0.15) is 5.75 Å². The summed E-state index contributed by atoms with van der Waals surface area (Å²) in [5, 5.41) is 9.95. The summed E-state index contributed by atoms with van der Waals surface area (Å²) in [7, 11) is 1.71. The standard InChI is InChI=1S/C16H26N2O2/c1-11-9-17-14(12(2)16(11)20-4)10-18-8-6-5-7-15(18)13(3)19/h9,13,15,19H,5-8,10H2,1-4H3/t13-,15-/m0/s1. The number of methoxy groups -OCH3 is 1. The average Bonchev–Trinajstić information content (AvgIpc) is 2.43. The van der Waals surface area contributed by atoms with Crippen molar-refractivity contribution in [2.45, 2.75) is 58.7 Å². The molecule has 2 atom stereocenters. The Hall–Kier alpha value is -1.13. The number of piperidine rings is 1. The third-order valence-electron chi connectivity index (χ3n) is 4.32. The number of rotatable bonds is 4. The van der Waals surface area contributed by atoms with E-state index in [1.165, 1.54) is 12.8 Å². The number of aliphatic hydroxyl groups excluding tert-OH is 1. The molecule has 2 rings (SSSR count). The minimum absolute atomic E-state index is 0.247. The first-order chi connectivity index (χ1) is 9.54. The van der Waals surface area contributed by atoms with Gasteiger partial charge in [-0.25, -0.2) is 0 Å². The van der Waals surface area contributed by atoms with Gasteiger partial charge in [0.2, 0.25) is 0 Å². The molecule has 0 amide bonds. The monoisotopic (exact) mass is 278 g/mol. The molecule has 0 aromatic carbocycles. The van der Waals surface area contributed by atoms with Crippen molar-refractivity contribution in [3.05, 3.63) is 23.0 Å². The van der Waals surface area contributed by atoms with Crippen molar-refractivity contribution in [2.75, 3.05) is 13.7 Å². The van der Waals surface area contributed by atoms with Gasteiger partial charge in [-0.1, -0.05) is 6.42 Å². The lowest BCUT2D eigenvalue weighted by molar-refractivity contribution is 0.0308. The van der Waals surface area contributed by atoms with E-state index in [2.05, 4.69) is 16.8 Å². The molecule has 1 aliphatic heterocycles. The molecule has 1 saturated heterocycles. The fourth-order valence-electron chi connectivity index (χ4n) is 3.18. The van der Waals surface area contributed by atoms with Crippen LogP contribution in [0.2, 0.25) is 0 Å². The first kappa shape index (κ1) is 15.3. The van der Waals surface area contributed by atoms with E-state index < -0.39 is 0 Å². The minimum atomic E-state index is -0.289. The van der Waals surface area contributed by atoms with Crippen molar-refractivity contribution < 1.29 is 9.84 Å². The van der Waals surface area contributed by atoms with Crippen LogP contribution in [0.5, 0.6) is 5.75 Å². The lowest BCUT2D eigenvalue weighted by Crippen LogP contribution is -2.45. The molecule has 0 saturated carbocycles. The van der Waals surface area contributed by atoms with E-state index in [-0.39, 0.29) is 12.1 Å². The largest absolute Gasteiger partial charge is 0.496 e. The number of hydrogen-bond donors (Lipinski definition) is 1. The summed E-state index contributed by atoms with van der Waals surface area (Å²) >= 11 is 0. The van der Waals surface area contributed by atoms with Gasteiger partial charge < -0.3 is 9.84 Å². The topological polar surface area (TPSA) is 45.6 Å². The van der Waals surface area contributed by atoms with Crippen LogP contribution in [-0.2, 0) is 6.54 Å². The summed E-state index contributed by atoms with van der Waals surface area (Å²) < 4.78 is 5.47. The Morgan fingerprint density at radius 1 is 1.45 bits per heavy atom. The Bertz CT molecular complexity index is 460. The zero-order valence-corrected chi connectivity index (χ0v) is 13.0. The third kappa shape index (κ3) is 3.13. The molecule has 0 aliphatic carbocycles. The summed E-state index contributed by atoms with van der Waals surface area (Å²) in [5.41, 5.74) is 3.24. The molecule has 1 aromatic rings.